The van der Waals surface area contributed by atoms with Gasteiger partial charge in [0.05, 0.1) is 16.8 Å². The van der Waals surface area contributed by atoms with Crippen molar-refractivity contribution < 1.29 is 9.47 Å². The van der Waals surface area contributed by atoms with Gasteiger partial charge in [-0.25, -0.2) is 0 Å². The first-order chi connectivity index (χ1) is 11.9. The zero-order valence-corrected chi connectivity index (χ0v) is 18.2. The SMILES string of the molecule is CCOc1cc(N(C)C)ccc1I.CCOc1cccc(N(C)C)c1. The number of ether oxygens (including phenoxy) is 2. The number of hydrogen-bond acceptors (Lipinski definition) is 4. The Balaban J connectivity index is 0.000000251. The molecule has 0 spiro atoms. The molecule has 0 fully saturated rings. The van der Waals surface area contributed by atoms with E-state index < -0.39 is 0 Å². The van der Waals surface area contributed by atoms with E-state index in [1.807, 2.05) is 60.2 Å². The maximum absolute atomic E-state index is 5.49. The summed E-state index contributed by atoms with van der Waals surface area (Å²) in [5.74, 6) is 1.90. The third-order valence-corrected chi connectivity index (χ3v) is 4.27. The monoisotopic (exact) mass is 456 g/mol. The molecule has 2 rings (SSSR count). The maximum atomic E-state index is 5.49. The number of nitrogens with zero attached hydrogens (tertiary/aromatic N) is 2. The first-order valence-electron chi connectivity index (χ1n) is 8.38. The fraction of sp³-hybridized carbons (Fsp3) is 0.400. The van der Waals surface area contributed by atoms with Crippen LogP contribution in [0, 0.1) is 3.57 Å². The molecule has 0 aliphatic rings. The third kappa shape index (κ3) is 7.42. The lowest BCUT2D eigenvalue weighted by Crippen LogP contribution is -2.08. The molecule has 0 aromatic heterocycles. The van der Waals surface area contributed by atoms with E-state index in [4.69, 9.17) is 9.47 Å². The van der Waals surface area contributed by atoms with Crippen molar-refractivity contribution in [3.05, 3.63) is 46.0 Å². The van der Waals surface area contributed by atoms with Crippen LogP contribution in [0.3, 0.4) is 0 Å². The Bertz CT molecular complexity index is 645. The van der Waals surface area contributed by atoms with Crippen LogP contribution in [0.1, 0.15) is 13.8 Å². The van der Waals surface area contributed by atoms with Crippen LogP contribution >= 0.6 is 22.6 Å². The van der Waals surface area contributed by atoms with Gasteiger partial charge in [-0.05, 0) is 60.7 Å². The van der Waals surface area contributed by atoms with E-state index in [0.29, 0.717) is 6.61 Å². The van der Waals surface area contributed by atoms with Crippen LogP contribution in [0.4, 0.5) is 11.4 Å². The lowest BCUT2D eigenvalue weighted by molar-refractivity contribution is 0.338. The Kier molecular flexibility index (Phi) is 9.49. The molecule has 25 heavy (non-hydrogen) atoms. The molecule has 5 heteroatoms. The van der Waals surface area contributed by atoms with Crippen LogP contribution in [0.15, 0.2) is 42.5 Å². The molecule has 0 bridgehead atoms. The Morgan fingerprint density at radius 1 is 0.800 bits per heavy atom. The fourth-order valence-corrected chi connectivity index (χ4v) is 2.55. The summed E-state index contributed by atoms with van der Waals surface area (Å²) < 4.78 is 12.0. The van der Waals surface area contributed by atoms with Crippen molar-refractivity contribution in [1.82, 2.24) is 0 Å². The summed E-state index contributed by atoms with van der Waals surface area (Å²) in [7, 11) is 8.09. The van der Waals surface area contributed by atoms with E-state index in [9.17, 15) is 0 Å². The van der Waals surface area contributed by atoms with Gasteiger partial charge in [0, 0.05) is 51.7 Å². The average molecular weight is 456 g/mol. The number of rotatable bonds is 6. The number of benzene rings is 2. The second-order valence-electron chi connectivity index (χ2n) is 5.77. The summed E-state index contributed by atoms with van der Waals surface area (Å²) in [5, 5.41) is 0. The largest absolute Gasteiger partial charge is 0.494 e. The zero-order valence-electron chi connectivity index (χ0n) is 16.0. The number of hydrogen-bond donors (Lipinski definition) is 0. The number of anilines is 2. The standard InChI is InChI=1S/C10H14INO.C10H15NO/c1-4-13-10-7-8(12(2)3)5-6-9(10)11;1-4-12-10-7-5-6-9(8-10)11(2)3/h5-7H,4H2,1-3H3;5-8H,4H2,1-3H3. The Hall–Kier alpha value is -1.63. The third-order valence-electron chi connectivity index (χ3n) is 3.38. The first-order valence-corrected chi connectivity index (χ1v) is 9.46. The van der Waals surface area contributed by atoms with E-state index in [2.05, 4.69) is 56.7 Å². The van der Waals surface area contributed by atoms with E-state index in [1.165, 1.54) is 11.4 Å². The molecular formula is C20H29IN2O2. The van der Waals surface area contributed by atoms with Crippen LogP contribution < -0.4 is 19.3 Å². The molecule has 0 amide bonds. The molecule has 0 aliphatic carbocycles. The molecule has 0 radical (unpaired) electrons. The van der Waals surface area contributed by atoms with Crippen molar-refractivity contribution in [3.63, 3.8) is 0 Å². The van der Waals surface area contributed by atoms with Crippen LogP contribution in [0.5, 0.6) is 11.5 Å². The topological polar surface area (TPSA) is 24.9 Å². The van der Waals surface area contributed by atoms with Gasteiger partial charge in [0.15, 0.2) is 0 Å². The number of halogens is 1. The highest BCUT2D eigenvalue weighted by atomic mass is 127. The van der Waals surface area contributed by atoms with Gasteiger partial charge >= 0.3 is 0 Å². The van der Waals surface area contributed by atoms with Gasteiger partial charge in [0.1, 0.15) is 11.5 Å². The maximum Gasteiger partial charge on any atom is 0.134 e. The highest BCUT2D eigenvalue weighted by molar-refractivity contribution is 14.1. The highest BCUT2D eigenvalue weighted by Crippen LogP contribution is 2.26. The summed E-state index contributed by atoms with van der Waals surface area (Å²) in [5.41, 5.74) is 2.34. The first kappa shape index (κ1) is 21.4. The molecule has 0 N–H and O–H groups in total. The molecule has 2 aromatic carbocycles. The quantitative estimate of drug-likeness (QED) is 0.577. The lowest BCUT2D eigenvalue weighted by Gasteiger charge is -2.14. The van der Waals surface area contributed by atoms with Gasteiger partial charge in [-0.15, -0.1) is 0 Å². The molecule has 138 valence electrons. The van der Waals surface area contributed by atoms with Crippen LogP contribution in [0.25, 0.3) is 0 Å². The summed E-state index contributed by atoms with van der Waals surface area (Å²) in [6.45, 7) is 5.42. The van der Waals surface area contributed by atoms with Crippen molar-refractivity contribution >= 4 is 34.0 Å². The predicted molar refractivity (Wildman–Crippen MR) is 117 cm³/mol. The van der Waals surface area contributed by atoms with Gasteiger partial charge < -0.3 is 19.3 Å². The minimum atomic E-state index is 0.715. The molecular weight excluding hydrogens is 427 g/mol. The summed E-state index contributed by atoms with van der Waals surface area (Å²) in [4.78, 5) is 4.13. The Morgan fingerprint density at radius 2 is 1.40 bits per heavy atom. The molecule has 0 atom stereocenters. The van der Waals surface area contributed by atoms with Crippen molar-refractivity contribution in [2.45, 2.75) is 13.8 Å². The van der Waals surface area contributed by atoms with Crippen molar-refractivity contribution in [3.8, 4) is 11.5 Å². The second-order valence-corrected chi connectivity index (χ2v) is 6.93. The highest BCUT2D eigenvalue weighted by Gasteiger charge is 2.02. The molecule has 0 saturated heterocycles. The predicted octanol–water partition coefficient (Wildman–Crippen LogP) is 4.91. The summed E-state index contributed by atoms with van der Waals surface area (Å²) in [6.07, 6.45) is 0. The molecule has 0 saturated carbocycles. The van der Waals surface area contributed by atoms with Crippen molar-refractivity contribution in [1.29, 1.82) is 0 Å². The minimum Gasteiger partial charge on any atom is -0.494 e. The van der Waals surface area contributed by atoms with Gasteiger partial charge in [0.25, 0.3) is 0 Å². The van der Waals surface area contributed by atoms with Crippen LogP contribution in [-0.2, 0) is 0 Å². The Labute approximate surface area is 165 Å². The van der Waals surface area contributed by atoms with Gasteiger partial charge in [-0.1, -0.05) is 6.07 Å². The second kappa shape index (κ2) is 11.1. The molecule has 0 aliphatic heterocycles. The molecule has 2 aromatic rings. The summed E-state index contributed by atoms with van der Waals surface area (Å²) in [6, 6.07) is 14.3. The van der Waals surface area contributed by atoms with E-state index >= 15 is 0 Å². The lowest BCUT2D eigenvalue weighted by atomic mass is 10.3. The van der Waals surface area contributed by atoms with Crippen molar-refractivity contribution in [2.75, 3.05) is 51.2 Å². The van der Waals surface area contributed by atoms with E-state index in [-0.39, 0.29) is 0 Å². The fourth-order valence-electron chi connectivity index (χ4n) is 2.05. The van der Waals surface area contributed by atoms with E-state index in [1.54, 1.807) is 0 Å². The normalized spacial score (nSPS) is 9.72. The molecule has 0 unspecified atom stereocenters. The molecule has 0 heterocycles. The average Bonchev–Trinajstić information content (AvgIpc) is 2.58. The Morgan fingerprint density at radius 3 is 1.96 bits per heavy atom. The zero-order chi connectivity index (χ0) is 18.8. The van der Waals surface area contributed by atoms with Crippen LogP contribution in [-0.4, -0.2) is 41.4 Å². The van der Waals surface area contributed by atoms with Gasteiger partial charge in [0.2, 0.25) is 0 Å². The smallest absolute Gasteiger partial charge is 0.134 e. The van der Waals surface area contributed by atoms with Gasteiger partial charge in [-0.2, -0.15) is 0 Å². The van der Waals surface area contributed by atoms with Crippen molar-refractivity contribution in [2.24, 2.45) is 0 Å². The van der Waals surface area contributed by atoms with E-state index in [0.717, 1.165) is 21.7 Å². The van der Waals surface area contributed by atoms with Gasteiger partial charge in [-0.3, -0.25) is 0 Å². The minimum absolute atomic E-state index is 0.715. The molecule has 4 nitrogen and oxygen atoms in total. The van der Waals surface area contributed by atoms with Crippen LogP contribution in [0.2, 0.25) is 0 Å². The summed E-state index contributed by atoms with van der Waals surface area (Å²) >= 11 is 2.28.